The van der Waals surface area contributed by atoms with E-state index in [-0.39, 0.29) is 18.3 Å². The number of hydrogen-bond acceptors (Lipinski definition) is 6. The number of hydrogen-bond donors (Lipinski definition) is 1. The molecule has 1 heterocycles. The summed E-state index contributed by atoms with van der Waals surface area (Å²) >= 11 is 7.25. The quantitative estimate of drug-likeness (QED) is 0.441. The highest BCUT2D eigenvalue weighted by Crippen LogP contribution is 2.28. The van der Waals surface area contributed by atoms with Crippen LogP contribution in [0.15, 0.2) is 59.2 Å². The minimum atomic E-state index is -0.343. The van der Waals surface area contributed by atoms with E-state index in [4.69, 9.17) is 21.1 Å². The van der Waals surface area contributed by atoms with Crippen molar-refractivity contribution in [1.82, 2.24) is 20.1 Å². The Bertz CT molecular complexity index is 1080. The van der Waals surface area contributed by atoms with E-state index < -0.39 is 0 Å². The molecule has 7 nitrogen and oxygen atoms in total. The molecular weight excluding hydrogens is 455 g/mol. The Hall–Kier alpha value is -3.04. The van der Waals surface area contributed by atoms with Crippen molar-refractivity contribution < 1.29 is 18.7 Å². The number of ether oxygens (including phenoxy) is 2. The molecule has 3 rings (SSSR count). The van der Waals surface area contributed by atoms with Crippen LogP contribution in [0, 0.1) is 5.82 Å². The first-order chi connectivity index (χ1) is 15.4. The van der Waals surface area contributed by atoms with Gasteiger partial charge in [-0.15, -0.1) is 10.2 Å². The maximum absolute atomic E-state index is 13.4. The number of methoxy groups -OCH3 is 2. The second-order valence-electron chi connectivity index (χ2n) is 6.56. The third-order valence-corrected chi connectivity index (χ3v) is 5.74. The van der Waals surface area contributed by atoms with Gasteiger partial charge in [0.05, 0.1) is 14.2 Å². The van der Waals surface area contributed by atoms with Gasteiger partial charge in [-0.1, -0.05) is 36.0 Å². The smallest absolute Gasteiger partial charge is 0.258 e. The van der Waals surface area contributed by atoms with E-state index >= 15 is 0 Å². The van der Waals surface area contributed by atoms with Gasteiger partial charge in [-0.05, 0) is 36.4 Å². The van der Waals surface area contributed by atoms with Gasteiger partial charge in [0.2, 0.25) is 0 Å². The van der Waals surface area contributed by atoms with Crippen molar-refractivity contribution in [1.29, 1.82) is 0 Å². The lowest BCUT2D eigenvalue weighted by Crippen LogP contribution is -2.27. The first kappa shape index (κ1) is 23.6. The summed E-state index contributed by atoms with van der Waals surface area (Å²) in [6.07, 6.45) is 0.385. The molecule has 32 heavy (non-hydrogen) atoms. The van der Waals surface area contributed by atoms with Crippen molar-refractivity contribution in [3.63, 3.8) is 0 Å². The van der Waals surface area contributed by atoms with Crippen LogP contribution in [0.1, 0.15) is 16.2 Å². The normalized spacial score (nSPS) is 10.6. The lowest BCUT2D eigenvalue weighted by molar-refractivity contribution is 0.0947. The van der Waals surface area contributed by atoms with Gasteiger partial charge in [-0.25, -0.2) is 4.39 Å². The second kappa shape index (κ2) is 11.0. The number of thioether (sulfide) groups is 1. The molecule has 2 aromatic carbocycles. The fourth-order valence-electron chi connectivity index (χ4n) is 3.00. The predicted octanol–water partition coefficient (Wildman–Crippen LogP) is 4.24. The molecular formula is C22H22ClFN4O3S. The number of halogens is 2. The first-order valence-electron chi connectivity index (χ1n) is 9.60. The number of aromatic nitrogens is 3. The first-order valence-corrected chi connectivity index (χ1v) is 11.0. The molecule has 0 radical (unpaired) electrons. The van der Waals surface area contributed by atoms with E-state index in [2.05, 4.69) is 22.1 Å². The third kappa shape index (κ3) is 5.60. The van der Waals surface area contributed by atoms with Crippen molar-refractivity contribution >= 4 is 29.3 Å². The molecule has 1 N–H and O–H groups in total. The molecule has 0 aliphatic rings. The summed E-state index contributed by atoms with van der Waals surface area (Å²) in [5, 5.41) is 12.4. The molecule has 10 heteroatoms. The zero-order valence-electron chi connectivity index (χ0n) is 17.6. The van der Waals surface area contributed by atoms with Crippen molar-refractivity contribution in [2.75, 3.05) is 26.5 Å². The fourth-order valence-corrected chi connectivity index (χ4v) is 3.89. The largest absolute Gasteiger partial charge is 0.496 e. The molecule has 168 valence electrons. The van der Waals surface area contributed by atoms with Gasteiger partial charge < -0.3 is 14.8 Å². The molecule has 0 fully saturated rings. The van der Waals surface area contributed by atoms with E-state index in [0.717, 1.165) is 0 Å². The number of nitrogens with one attached hydrogen (secondary N) is 1. The van der Waals surface area contributed by atoms with Gasteiger partial charge >= 0.3 is 0 Å². The van der Waals surface area contributed by atoms with Gasteiger partial charge in [0.1, 0.15) is 28.7 Å². The van der Waals surface area contributed by atoms with Crippen molar-refractivity contribution in [3.8, 4) is 17.2 Å². The van der Waals surface area contributed by atoms with Crippen LogP contribution in [-0.2, 0) is 6.42 Å². The topological polar surface area (TPSA) is 78.3 Å². The lowest BCUT2D eigenvalue weighted by atomic mass is 10.1. The predicted molar refractivity (Wildman–Crippen MR) is 123 cm³/mol. The highest BCUT2D eigenvalue weighted by molar-refractivity contribution is 7.99. The minimum Gasteiger partial charge on any atom is -0.496 e. The second-order valence-corrected chi connectivity index (χ2v) is 8.04. The van der Waals surface area contributed by atoms with Crippen LogP contribution in [0.2, 0.25) is 0 Å². The molecule has 0 spiro atoms. The van der Waals surface area contributed by atoms with Crippen molar-refractivity contribution in [2.24, 2.45) is 0 Å². The van der Waals surface area contributed by atoms with E-state index in [1.807, 2.05) is 0 Å². The Balaban J connectivity index is 1.79. The maximum atomic E-state index is 13.4. The average Bonchev–Trinajstić information content (AvgIpc) is 3.20. The molecule has 0 aliphatic heterocycles. The molecule has 0 saturated carbocycles. The Labute approximate surface area is 194 Å². The third-order valence-electron chi connectivity index (χ3n) is 4.43. The Morgan fingerprint density at radius 3 is 2.41 bits per heavy atom. The van der Waals surface area contributed by atoms with Gasteiger partial charge in [0, 0.05) is 29.4 Å². The summed E-state index contributed by atoms with van der Waals surface area (Å²) in [4.78, 5) is 12.8. The van der Waals surface area contributed by atoms with E-state index in [0.29, 0.717) is 50.9 Å². The molecule has 1 amide bonds. The average molecular weight is 477 g/mol. The SMILES string of the molecule is C=C(Cl)CSc1nnc(CCNC(=O)c2c(OC)cccc2OC)n1-c1ccc(F)cc1. The molecule has 0 saturated heterocycles. The van der Waals surface area contributed by atoms with Crippen LogP contribution in [-0.4, -0.2) is 47.2 Å². The Morgan fingerprint density at radius 1 is 1.16 bits per heavy atom. The molecule has 0 aliphatic carbocycles. The number of carbonyl (C=O) groups is 1. The number of carbonyl (C=O) groups excluding carboxylic acids is 1. The molecule has 0 bridgehead atoms. The van der Waals surface area contributed by atoms with Crippen LogP contribution in [0.3, 0.4) is 0 Å². The van der Waals surface area contributed by atoms with Crippen molar-refractivity contribution in [3.05, 3.63) is 71.3 Å². The van der Waals surface area contributed by atoms with Crippen LogP contribution in [0.25, 0.3) is 5.69 Å². The van der Waals surface area contributed by atoms with Crippen molar-refractivity contribution in [2.45, 2.75) is 11.6 Å². The summed E-state index contributed by atoms with van der Waals surface area (Å²) in [6, 6.07) is 11.1. The number of nitrogens with zero attached hydrogens (tertiary/aromatic N) is 3. The minimum absolute atomic E-state index is 0.284. The van der Waals surface area contributed by atoms with Gasteiger partial charge in [0.25, 0.3) is 5.91 Å². The molecule has 1 aromatic heterocycles. The summed E-state index contributed by atoms with van der Waals surface area (Å²) in [7, 11) is 2.98. The zero-order chi connectivity index (χ0) is 23.1. The van der Waals surface area contributed by atoms with E-state index in [1.54, 1.807) is 34.9 Å². The van der Waals surface area contributed by atoms with E-state index in [9.17, 15) is 9.18 Å². The molecule has 0 atom stereocenters. The Morgan fingerprint density at radius 2 is 1.81 bits per heavy atom. The molecule has 0 unspecified atom stereocenters. The lowest BCUT2D eigenvalue weighted by Gasteiger charge is -2.13. The van der Waals surface area contributed by atoms with Crippen LogP contribution >= 0.6 is 23.4 Å². The van der Waals surface area contributed by atoms with Crippen LogP contribution in [0.5, 0.6) is 11.5 Å². The summed E-state index contributed by atoms with van der Waals surface area (Å²) in [5.74, 6) is 1.20. The highest BCUT2D eigenvalue weighted by Gasteiger charge is 2.19. The number of amides is 1. The fraction of sp³-hybridized carbons (Fsp3) is 0.227. The Kier molecular flexibility index (Phi) is 8.13. The van der Waals surface area contributed by atoms with Gasteiger partial charge in [0.15, 0.2) is 5.16 Å². The van der Waals surface area contributed by atoms with E-state index in [1.165, 1.54) is 38.1 Å². The monoisotopic (exact) mass is 476 g/mol. The van der Waals surface area contributed by atoms with Crippen LogP contribution in [0.4, 0.5) is 4.39 Å². The summed E-state index contributed by atoms with van der Waals surface area (Å²) in [6.45, 7) is 3.97. The summed E-state index contributed by atoms with van der Waals surface area (Å²) in [5.41, 5.74) is 1.01. The highest BCUT2D eigenvalue weighted by atomic mass is 35.5. The maximum Gasteiger partial charge on any atom is 0.258 e. The van der Waals surface area contributed by atoms with Gasteiger partial charge in [-0.3, -0.25) is 9.36 Å². The number of rotatable bonds is 10. The number of benzene rings is 2. The standard InChI is InChI=1S/C22H22ClFN4O3S/c1-14(23)13-32-22-27-26-19(28(22)16-9-7-15(24)8-10-16)11-12-25-21(29)20-17(30-2)5-4-6-18(20)31-3/h4-10H,1,11-13H2,2-3H3,(H,25,29). The summed E-state index contributed by atoms with van der Waals surface area (Å²) < 4.78 is 25.8. The van der Waals surface area contributed by atoms with Gasteiger partial charge in [-0.2, -0.15) is 0 Å². The zero-order valence-corrected chi connectivity index (χ0v) is 19.2. The van der Waals surface area contributed by atoms with Crippen LogP contribution < -0.4 is 14.8 Å². The molecule has 3 aromatic rings.